The molecule has 0 bridgehead atoms. The third-order valence-corrected chi connectivity index (χ3v) is 5.22. The molecule has 0 aliphatic carbocycles. The first-order valence-corrected chi connectivity index (χ1v) is 10.4. The Morgan fingerprint density at radius 2 is 1.88 bits per heavy atom. The maximum absolute atomic E-state index is 12.8. The van der Waals surface area contributed by atoms with E-state index in [-0.39, 0.29) is 23.4 Å². The molecule has 5 rings (SSSR count). The Bertz CT molecular complexity index is 1310. The van der Waals surface area contributed by atoms with Crippen LogP contribution in [0.25, 0.3) is 10.9 Å². The lowest BCUT2D eigenvalue weighted by Gasteiger charge is -2.14. The molecule has 0 saturated carbocycles. The molecule has 0 spiro atoms. The molecule has 1 aliphatic heterocycles. The van der Waals surface area contributed by atoms with Crippen LogP contribution < -0.4 is 10.1 Å². The van der Waals surface area contributed by atoms with Crippen LogP contribution in [0.2, 0.25) is 0 Å². The molecule has 3 aromatic heterocycles. The fourth-order valence-corrected chi connectivity index (χ4v) is 3.65. The number of anilines is 1. The molecule has 166 valence electrons. The van der Waals surface area contributed by atoms with E-state index >= 15 is 0 Å². The van der Waals surface area contributed by atoms with E-state index in [2.05, 4.69) is 30.4 Å². The van der Waals surface area contributed by atoms with Gasteiger partial charge in [-0.3, -0.25) is 19.3 Å². The normalized spacial score (nSPS) is 13.3. The van der Waals surface area contributed by atoms with Gasteiger partial charge in [0, 0.05) is 44.3 Å². The van der Waals surface area contributed by atoms with Gasteiger partial charge in [-0.05, 0) is 25.0 Å². The van der Waals surface area contributed by atoms with Crippen LogP contribution in [0.3, 0.4) is 0 Å². The summed E-state index contributed by atoms with van der Waals surface area (Å²) in [6.45, 7) is 1.47. The molecule has 0 atom stereocenters. The Balaban J connectivity index is 1.41. The number of fused-ring (bicyclic) bond motifs is 1. The van der Waals surface area contributed by atoms with E-state index in [1.54, 1.807) is 35.0 Å². The number of nitrogens with one attached hydrogen (secondary N) is 1. The van der Waals surface area contributed by atoms with E-state index in [9.17, 15) is 9.59 Å². The van der Waals surface area contributed by atoms with Gasteiger partial charge in [0.05, 0.1) is 29.5 Å². The smallest absolute Gasteiger partial charge is 0.274 e. The molecule has 1 aliphatic rings. The molecule has 33 heavy (non-hydrogen) atoms. The standard InChI is InChI=1S/C22H20N8O3/c1-29-13-15-16(28-29)8-14(21(31)27-19-11-23-4-5-24-19)9-18(15)33-20-12-25-17(10-26-20)22(32)30-6-2-3-7-30/h4-5,8-13H,2-3,6-7H2,1H3,(H,24,27,31). The summed E-state index contributed by atoms with van der Waals surface area (Å²) < 4.78 is 7.58. The number of carbonyl (C=O) groups excluding carboxylic acids is 2. The van der Waals surface area contributed by atoms with Crippen molar-refractivity contribution < 1.29 is 14.3 Å². The molecular weight excluding hydrogens is 424 g/mol. The van der Waals surface area contributed by atoms with Gasteiger partial charge in [-0.2, -0.15) is 5.10 Å². The minimum absolute atomic E-state index is 0.135. The van der Waals surface area contributed by atoms with Gasteiger partial charge in [-0.25, -0.2) is 15.0 Å². The van der Waals surface area contributed by atoms with Crippen molar-refractivity contribution in [3.8, 4) is 11.6 Å². The molecule has 4 aromatic rings. The lowest BCUT2D eigenvalue weighted by atomic mass is 10.1. The highest BCUT2D eigenvalue weighted by Crippen LogP contribution is 2.30. The minimum atomic E-state index is -0.384. The van der Waals surface area contributed by atoms with E-state index in [4.69, 9.17) is 4.74 Å². The zero-order valence-corrected chi connectivity index (χ0v) is 17.8. The molecule has 11 nitrogen and oxygen atoms in total. The number of carbonyl (C=O) groups is 2. The number of nitrogens with zero attached hydrogens (tertiary/aromatic N) is 7. The highest BCUT2D eigenvalue weighted by atomic mass is 16.5. The van der Waals surface area contributed by atoms with Crippen molar-refractivity contribution in [2.24, 2.45) is 7.05 Å². The second-order valence-electron chi connectivity index (χ2n) is 7.60. The summed E-state index contributed by atoms with van der Waals surface area (Å²) in [5, 5.41) is 7.79. The van der Waals surface area contributed by atoms with Gasteiger partial charge in [0.15, 0.2) is 5.82 Å². The summed E-state index contributed by atoms with van der Waals surface area (Å²) in [5.41, 5.74) is 1.18. The summed E-state index contributed by atoms with van der Waals surface area (Å²) in [4.78, 5) is 43.5. The second-order valence-corrected chi connectivity index (χ2v) is 7.60. The summed E-state index contributed by atoms with van der Waals surface area (Å²) >= 11 is 0. The molecule has 11 heteroatoms. The van der Waals surface area contributed by atoms with E-state index in [1.807, 2.05) is 0 Å². The molecule has 2 amide bonds. The van der Waals surface area contributed by atoms with Crippen molar-refractivity contribution >= 4 is 28.5 Å². The third kappa shape index (κ3) is 4.33. The summed E-state index contributed by atoms with van der Waals surface area (Å²) in [6.07, 6.45) is 11.1. The van der Waals surface area contributed by atoms with Crippen molar-refractivity contribution in [2.45, 2.75) is 12.8 Å². The van der Waals surface area contributed by atoms with E-state index in [0.29, 0.717) is 28.0 Å². The SMILES string of the molecule is Cn1cc2c(Oc3cnc(C(=O)N4CCCC4)cn3)cc(C(=O)Nc3cnccn3)cc2n1. The third-order valence-electron chi connectivity index (χ3n) is 5.22. The molecule has 1 aromatic carbocycles. The number of benzene rings is 1. The van der Waals surface area contributed by atoms with E-state index in [1.165, 1.54) is 31.0 Å². The first kappa shape index (κ1) is 20.5. The van der Waals surface area contributed by atoms with Gasteiger partial charge in [0.25, 0.3) is 11.8 Å². The second kappa shape index (κ2) is 8.61. The first-order valence-electron chi connectivity index (χ1n) is 10.4. The van der Waals surface area contributed by atoms with Gasteiger partial charge in [0.1, 0.15) is 11.4 Å². The molecule has 4 heterocycles. The molecular formula is C22H20N8O3. The van der Waals surface area contributed by atoms with Crippen molar-refractivity contribution in [1.82, 2.24) is 34.6 Å². The number of aromatic nitrogens is 6. The Hall–Kier alpha value is -4.41. The maximum Gasteiger partial charge on any atom is 0.274 e. The molecule has 1 fully saturated rings. The number of likely N-dealkylation sites (tertiary alicyclic amines) is 1. The lowest BCUT2D eigenvalue weighted by molar-refractivity contribution is 0.0786. The number of aryl methyl sites for hydroxylation is 1. The van der Waals surface area contributed by atoms with Crippen molar-refractivity contribution in [3.63, 3.8) is 0 Å². The van der Waals surface area contributed by atoms with Crippen molar-refractivity contribution in [1.29, 1.82) is 0 Å². The maximum atomic E-state index is 12.8. The molecule has 0 unspecified atom stereocenters. The average Bonchev–Trinajstić information content (AvgIpc) is 3.49. The van der Waals surface area contributed by atoms with Crippen LogP contribution in [0.4, 0.5) is 5.82 Å². The lowest BCUT2D eigenvalue weighted by Crippen LogP contribution is -2.28. The minimum Gasteiger partial charge on any atom is -0.437 e. The van der Waals surface area contributed by atoms with Crippen LogP contribution in [0.15, 0.2) is 49.3 Å². The van der Waals surface area contributed by atoms with E-state index < -0.39 is 0 Å². The van der Waals surface area contributed by atoms with Crippen molar-refractivity contribution in [2.75, 3.05) is 18.4 Å². The summed E-state index contributed by atoms with van der Waals surface area (Å²) in [6, 6.07) is 3.26. The Morgan fingerprint density at radius 3 is 2.61 bits per heavy atom. The quantitative estimate of drug-likeness (QED) is 0.497. The van der Waals surface area contributed by atoms with Gasteiger partial charge in [-0.1, -0.05) is 0 Å². The van der Waals surface area contributed by atoms with Crippen LogP contribution in [0.1, 0.15) is 33.7 Å². The largest absolute Gasteiger partial charge is 0.437 e. The highest BCUT2D eigenvalue weighted by molar-refractivity contribution is 6.06. The van der Waals surface area contributed by atoms with Crippen molar-refractivity contribution in [3.05, 3.63) is 60.6 Å². The van der Waals surface area contributed by atoms with Gasteiger partial charge >= 0.3 is 0 Å². The number of hydrogen-bond donors (Lipinski definition) is 1. The predicted molar refractivity (Wildman–Crippen MR) is 118 cm³/mol. The monoisotopic (exact) mass is 444 g/mol. The Morgan fingerprint density at radius 1 is 1.03 bits per heavy atom. The number of amides is 2. The number of ether oxygens (including phenoxy) is 1. The topological polar surface area (TPSA) is 128 Å². The fourth-order valence-electron chi connectivity index (χ4n) is 3.65. The summed E-state index contributed by atoms with van der Waals surface area (Å²) in [5.74, 6) is 0.395. The van der Waals surface area contributed by atoms with Crippen LogP contribution in [-0.2, 0) is 7.05 Å². The van der Waals surface area contributed by atoms with Crippen LogP contribution >= 0.6 is 0 Å². The fraction of sp³-hybridized carbons (Fsp3) is 0.227. The highest BCUT2D eigenvalue weighted by Gasteiger charge is 2.21. The average molecular weight is 444 g/mol. The molecule has 0 radical (unpaired) electrons. The van der Waals surface area contributed by atoms with Gasteiger partial charge in [-0.15, -0.1) is 0 Å². The predicted octanol–water partition coefficient (Wildman–Crippen LogP) is 2.43. The van der Waals surface area contributed by atoms with Gasteiger partial charge < -0.3 is 15.0 Å². The first-order chi connectivity index (χ1) is 16.1. The number of hydrogen-bond acceptors (Lipinski definition) is 8. The van der Waals surface area contributed by atoms with Crippen LogP contribution in [-0.4, -0.2) is 59.5 Å². The van der Waals surface area contributed by atoms with Crippen LogP contribution in [0.5, 0.6) is 11.6 Å². The Kier molecular flexibility index (Phi) is 5.35. The molecule has 1 N–H and O–H groups in total. The summed E-state index contributed by atoms with van der Waals surface area (Å²) in [7, 11) is 1.78. The van der Waals surface area contributed by atoms with Gasteiger partial charge in [0.2, 0.25) is 5.88 Å². The number of rotatable bonds is 5. The van der Waals surface area contributed by atoms with Crippen LogP contribution in [0, 0.1) is 0 Å². The Labute approximate surface area is 188 Å². The zero-order valence-electron chi connectivity index (χ0n) is 17.8. The zero-order chi connectivity index (χ0) is 22.8. The molecule has 1 saturated heterocycles. The van der Waals surface area contributed by atoms with E-state index in [0.717, 1.165) is 25.9 Å².